The second-order valence-electron chi connectivity index (χ2n) is 4.58. The van der Waals surface area contributed by atoms with Gasteiger partial charge in [-0.15, -0.1) is 0 Å². The maximum Gasteiger partial charge on any atom is 0.328 e. The van der Waals surface area contributed by atoms with Gasteiger partial charge < -0.3 is 9.84 Å². The van der Waals surface area contributed by atoms with Crippen molar-refractivity contribution >= 4 is 23.8 Å². The van der Waals surface area contributed by atoms with Crippen LogP contribution in [0.2, 0.25) is 0 Å². The molecular weight excluding hydrogens is 260 g/mol. The Bertz CT molecular complexity index is 470. The minimum atomic E-state index is -0.916. The molecule has 0 amide bonds. The molecule has 1 aromatic carbocycles. The second kappa shape index (κ2) is 6.78. The van der Waals surface area contributed by atoms with Crippen LogP contribution in [0.4, 0.5) is 0 Å². The zero-order valence-corrected chi connectivity index (χ0v) is 11.7. The molecule has 0 spiro atoms. The molecule has 1 N–H and O–H groups in total. The lowest BCUT2D eigenvalue weighted by molar-refractivity contribution is -0.131. The van der Waals surface area contributed by atoms with Gasteiger partial charge in [-0.25, -0.2) is 4.79 Å². The molecule has 1 aliphatic rings. The van der Waals surface area contributed by atoms with Crippen LogP contribution in [0.15, 0.2) is 30.3 Å². The number of hydrogen-bond donors (Lipinski definition) is 1. The van der Waals surface area contributed by atoms with Crippen LogP contribution in [-0.2, 0) is 15.3 Å². The number of rotatable bonds is 5. The van der Waals surface area contributed by atoms with E-state index in [1.54, 1.807) is 6.08 Å². The minimum Gasteiger partial charge on any atom is -0.478 e. The first-order chi connectivity index (χ1) is 9.16. The summed E-state index contributed by atoms with van der Waals surface area (Å²) in [5, 5.41) is 9.23. The number of ether oxygens (including phenoxy) is 1. The predicted molar refractivity (Wildman–Crippen MR) is 78.2 cm³/mol. The molecule has 1 heterocycles. The molecule has 2 rings (SSSR count). The third kappa shape index (κ3) is 4.11. The monoisotopic (exact) mass is 278 g/mol. The summed E-state index contributed by atoms with van der Waals surface area (Å²) in [4.78, 5) is 10.6. The molecule has 102 valence electrons. The van der Waals surface area contributed by atoms with Crippen LogP contribution in [0, 0.1) is 0 Å². The van der Waals surface area contributed by atoms with Crippen LogP contribution in [0.5, 0.6) is 0 Å². The Kier molecular flexibility index (Phi) is 5.05. The van der Waals surface area contributed by atoms with E-state index in [0.717, 1.165) is 24.3 Å². The molecule has 0 aromatic heterocycles. The van der Waals surface area contributed by atoms with Crippen molar-refractivity contribution < 1.29 is 14.6 Å². The van der Waals surface area contributed by atoms with Gasteiger partial charge in [-0.05, 0) is 30.5 Å². The van der Waals surface area contributed by atoms with Gasteiger partial charge in [0.15, 0.2) is 0 Å². The first-order valence-corrected chi connectivity index (χ1v) is 7.44. The summed E-state index contributed by atoms with van der Waals surface area (Å²) in [6.45, 7) is 2.96. The van der Waals surface area contributed by atoms with Gasteiger partial charge in [0.05, 0.1) is 6.10 Å². The van der Waals surface area contributed by atoms with E-state index in [-0.39, 0.29) is 0 Å². The average molecular weight is 278 g/mol. The summed E-state index contributed by atoms with van der Waals surface area (Å²) in [5.41, 5.74) is 2.15. The highest BCUT2D eigenvalue weighted by molar-refractivity contribution is 7.99. The average Bonchev–Trinajstić information content (AvgIpc) is 2.80. The number of aliphatic carboxylic acids is 1. The number of carboxylic acid groups (broad SMARTS) is 1. The van der Waals surface area contributed by atoms with E-state index in [2.05, 4.69) is 13.0 Å². The standard InChI is InChI=1S/C15H18O3S/c1-11-14(8-9-18-11)19-10-13-5-3-2-4-12(13)6-7-15(16)17/h2-7,11,14H,8-10H2,1H3,(H,16,17)/b7-6+. The smallest absolute Gasteiger partial charge is 0.328 e. The van der Waals surface area contributed by atoms with Gasteiger partial charge in [0.2, 0.25) is 0 Å². The molecule has 2 atom stereocenters. The Hall–Kier alpha value is -1.26. The van der Waals surface area contributed by atoms with E-state index in [4.69, 9.17) is 9.84 Å². The summed E-state index contributed by atoms with van der Waals surface area (Å²) in [6.07, 6.45) is 4.25. The zero-order chi connectivity index (χ0) is 13.7. The summed E-state index contributed by atoms with van der Waals surface area (Å²) in [5.74, 6) is -0.0290. The largest absolute Gasteiger partial charge is 0.478 e. The third-order valence-electron chi connectivity index (χ3n) is 3.22. The van der Waals surface area contributed by atoms with Crippen molar-refractivity contribution in [3.05, 3.63) is 41.5 Å². The van der Waals surface area contributed by atoms with Crippen molar-refractivity contribution in [2.45, 2.75) is 30.5 Å². The van der Waals surface area contributed by atoms with E-state index in [1.165, 1.54) is 11.6 Å². The van der Waals surface area contributed by atoms with Crippen molar-refractivity contribution in [1.29, 1.82) is 0 Å². The van der Waals surface area contributed by atoms with Gasteiger partial charge in [0.25, 0.3) is 0 Å². The van der Waals surface area contributed by atoms with Crippen molar-refractivity contribution in [2.75, 3.05) is 6.61 Å². The molecule has 1 fully saturated rings. The molecule has 0 saturated carbocycles. The van der Waals surface area contributed by atoms with Crippen LogP contribution >= 0.6 is 11.8 Å². The molecule has 4 heteroatoms. The predicted octanol–water partition coefficient (Wildman–Crippen LogP) is 3.20. The molecule has 2 unspecified atom stereocenters. The molecule has 0 radical (unpaired) electrons. The fraction of sp³-hybridized carbons (Fsp3) is 0.400. The Labute approximate surface area is 117 Å². The molecule has 0 bridgehead atoms. The van der Waals surface area contributed by atoms with Crippen LogP contribution in [0.3, 0.4) is 0 Å². The first kappa shape index (κ1) is 14.2. The van der Waals surface area contributed by atoms with E-state index >= 15 is 0 Å². The number of carbonyl (C=O) groups is 1. The topological polar surface area (TPSA) is 46.5 Å². The van der Waals surface area contributed by atoms with E-state index < -0.39 is 5.97 Å². The lowest BCUT2D eigenvalue weighted by atomic mass is 10.1. The highest BCUT2D eigenvalue weighted by atomic mass is 32.2. The lowest BCUT2D eigenvalue weighted by Gasteiger charge is -2.14. The van der Waals surface area contributed by atoms with E-state index in [9.17, 15) is 4.79 Å². The quantitative estimate of drug-likeness (QED) is 0.840. The summed E-state index contributed by atoms with van der Waals surface area (Å²) in [7, 11) is 0. The molecule has 1 saturated heterocycles. The summed E-state index contributed by atoms with van der Waals surface area (Å²) < 4.78 is 5.55. The Balaban J connectivity index is 2.01. The Morgan fingerprint density at radius 2 is 2.32 bits per heavy atom. The summed E-state index contributed by atoms with van der Waals surface area (Å²) in [6, 6.07) is 7.92. The SMILES string of the molecule is CC1OCCC1SCc1ccccc1/C=C/C(=O)O. The fourth-order valence-corrected chi connectivity index (χ4v) is 3.39. The highest BCUT2D eigenvalue weighted by Gasteiger charge is 2.24. The third-order valence-corrected chi connectivity index (χ3v) is 4.74. The van der Waals surface area contributed by atoms with Crippen LogP contribution in [-0.4, -0.2) is 29.0 Å². The second-order valence-corrected chi connectivity index (χ2v) is 5.81. The fourth-order valence-electron chi connectivity index (χ4n) is 2.12. The van der Waals surface area contributed by atoms with Gasteiger partial charge in [0.1, 0.15) is 0 Å². The highest BCUT2D eigenvalue weighted by Crippen LogP contribution is 2.30. The first-order valence-electron chi connectivity index (χ1n) is 6.39. The van der Waals surface area contributed by atoms with E-state index in [0.29, 0.717) is 11.4 Å². The van der Waals surface area contributed by atoms with Crippen LogP contribution < -0.4 is 0 Å². The molecule has 19 heavy (non-hydrogen) atoms. The Morgan fingerprint density at radius 3 is 3.00 bits per heavy atom. The van der Waals surface area contributed by atoms with E-state index in [1.807, 2.05) is 30.0 Å². The molecular formula is C15H18O3S. The molecule has 1 aliphatic heterocycles. The molecule has 0 aliphatic carbocycles. The Morgan fingerprint density at radius 1 is 1.53 bits per heavy atom. The van der Waals surface area contributed by atoms with Crippen LogP contribution in [0.25, 0.3) is 6.08 Å². The number of hydrogen-bond acceptors (Lipinski definition) is 3. The van der Waals surface area contributed by atoms with Crippen molar-refractivity contribution in [3.63, 3.8) is 0 Å². The maximum absolute atomic E-state index is 10.6. The maximum atomic E-state index is 10.6. The van der Waals surface area contributed by atoms with Gasteiger partial charge in [-0.2, -0.15) is 11.8 Å². The normalized spacial score (nSPS) is 23.0. The van der Waals surface area contributed by atoms with Crippen molar-refractivity contribution in [2.24, 2.45) is 0 Å². The molecule has 1 aromatic rings. The van der Waals surface area contributed by atoms with Crippen LogP contribution in [0.1, 0.15) is 24.5 Å². The van der Waals surface area contributed by atoms with Crippen molar-refractivity contribution in [3.8, 4) is 0 Å². The summed E-state index contributed by atoms with van der Waals surface area (Å²) >= 11 is 1.89. The van der Waals surface area contributed by atoms with Gasteiger partial charge in [-0.1, -0.05) is 24.3 Å². The lowest BCUT2D eigenvalue weighted by Crippen LogP contribution is -2.13. The zero-order valence-electron chi connectivity index (χ0n) is 10.9. The van der Waals surface area contributed by atoms with Gasteiger partial charge >= 0.3 is 5.97 Å². The molecule has 3 nitrogen and oxygen atoms in total. The number of benzene rings is 1. The minimum absolute atomic E-state index is 0.312. The van der Waals surface area contributed by atoms with Crippen molar-refractivity contribution in [1.82, 2.24) is 0 Å². The number of thioether (sulfide) groups is 1. The van der Waals surface area contributed by atoms with Gasteiger partial charge in [0, 0.05) is 23.7 Å². The number of carboxylic acids is 1. The van der Waals surface area contributed by atoms with Gasteiger partial charge in [-0.3, -0.25) is 0 Å².